The highest BCUT2D eigenvalue weighted by molar-refractivity contribution is 6.30. The third-order valence-corrected chi connectivity index (χ3v) is 4.80. The van der Waals surface area contributed by atoms with Gasteiger partial charge in [-0.2, -0.15) is 0 Å². The molecule has 1 amide bonds. The molecule has 8 heteroatoms. The second kappa shape index (κ2) is 7.00. The molecular weight excluding hydrogens is 370 g/mol. The number of hydrogen-bond donors (Lipinski definition) is 2. The van der Waals surface area contributed by atoms with Crippen LogP contribution in [0.3, 0.4) is 0 Å². The van der Waals surface area contributed by atoms with Crippen LogP contribution in [0.4, 0.5) is 0 Å². The number of aliphatic carboxylic acids is 1. The van der Waals surface area contributed by atoms with Crippen LogP contribution in [0, 0.1) is 13.8 Å². The minimum absolute atomic E-state index is 0.144. The maximum Gasteiger partial charge on any atom is 0.334 e. The Balaban J connectivity index is 2.10. The molecule has 1 atom stereocenters. The van der Waals surface area contributed by atoms with Crippen LogP contribution in [0.15, 0.2) is 34.9 Å². The molecule has 7 nitrogen and oxygen atoms in total. The molecule has 0 fully saturated rings. The standard InChI is InChI=1S/C19H18ClN3O4/c1-4-19(18(25)26,12-5-7-13(20)8-6-12)22-16(24)14-9-10(2)21-17-15(14)11(3)23-27-17/h5-9H,4H2,1-3H3,(H,22,24)(H,25,26). The fraction of sp³-hybridized carbons (Fsp3) is 0.263. The quantitative estimate of drug-likeness (QED) is 0.692. The summed E-state index contributed by atoms with van der Waals surface area (Å²) in [7, 11) is 0. The lowest BCUT2D eigenvalue weighted by Gasteiger charge is -2.30. The first-order valence-corrected chi connectivity index (χ1v) is 8.72. The number of carbonyl (C=O) groups is 2. The summed E-state index contributed by atoms with van der Waals surface area (Å²) in [6.07, 6.45) is 0.144. The van der Waals surface area contributed by atoms with Crippen molar-refractivity contribution >= 4 is 34.6 Å². The number of rotatable bonds is 5. The second-order valence-corrected chi connectivity index (χ2v) is 6.72. The molecule has 0 radical (unpaired) electrons. The zero-order chi connectivity index (χ0) is 19.8. The van der Waals surface area contributed by atoms with Gasteiger partial charge in [-0.1, -0.05) is 35.8 Å². The zero-order valence-electron chi connectivity index (χ0n) is 15.0. The summed E-state index contributed by atoms with van der Waals surface area (Å²) in [4.78, 5) is 29.5. The molecule has 2 aromatic heterocycles. The first-order valence-electron chi connectivity index (χ1n) is 8.34. The number of carboxylic acids is 1. The topological polar surface area (TPSA) is 105 Å². The first kappa shape index (κ1) is 18.8. The Morgan fingerprint density at radius 3 is 2.52 bits per heavy atom. The predicted octanol–water partition coefficient (Wildman–Crippen LogP) is 3.61. The third kappa shape index (κ3) is 3.26. The maximum atomic E-state index is 13.1. The summed E-state index contributed by atoms with van der Waals surface area (Å²) in [6.45, 7) is 5.11. The van der Waals surface area contributed by atoms with Gasteiger partial charge in [0.05, 0.1) is 16.6 Å². The van der Waals surface area contributed by atoms with Gasteiger partial charge in [-0.3, -0.25) is 4.79 Å². The van der Waals surface area contributed by atoms with Crippen LogP contribution in [0.2, 0.25) is 5.02 Å². The van der Waals surface area contributed by atoms with Gasteiger partial charge in [0.1, 0.15) is 0 Å². The summed E-state index contributed by atoms with van der Waals surface area (Å²) >= 11 is 5.91. The Morgan fingerprint density at radius 2 is 1.93 bits per heavy atom. The number of halogens is 1. The van der Waals surface area contributed by atoms with Gasteiger partial charge in [-0.25, -0.2) is 9.78 Å². The van der Waals surface area contributed by atoms with Crippen molar-refractivity contribution in [3.63, 3.8) is 0 Å². The fourth-order valence-electron chi connectivity index (χ4n) is 3.09. The Labute approximate surface area is 160 Å². The van der Waals surface area contributed by atoms with Crippen molar-refractivity contribution in [2.75, 3.05) is 0 Å². The van der Waals surface area contributed by atoms with E-state index in [-0.39, 0.29) is 17.7 Å². The van der Waals surface area contributed by atoms with Gasteiger partial charge in [0, 0.05) is 10.7 Å². The van der Waals surface area contributed by atoms with E-state index in [0.29, 0.717) is 27.4 Å². The van der Waals surface area contributed by atoms with Crippen molar-refractivity contribution in [3.05, 3.63) is 57.9 Å². The molecule has 3 rings (SSSR count). The third-order valence-electron chi connectivity index (χ3n) is 4.55. The molecule has 1 aromatic carbocycles. The Kier molecular flexibility index (Phi) is 4.89. The second-order valence-electron chi connectivity index (χ2n) is 6.28. The molecule has 3 aromatic rings. The molecule has 0 saturated carbocycles. The van der Waals surface area contributed by atoms with Crippen molar-refractivity contribution in [1.82, 2.24) is 15.5 Å². The van der Waals surface area contributed by atoms with Crippen LogP contribution >= 0.6 is 11.6 Å². The number of nitrogens with one attached hydrogen (secondary N) is 1. The van der Waals surface area contributed by atoms with E-state index < -0.39 is 17.4 Å². The van der Waals surface area contributed by atoms with E-state index >= 15 is 0 Å². The molecule has 2 heterocycles. The van der Waals surface area contributed by atoms with Crippen LogP contribution in [0.5, 0.6) is 0 Å². The van der Waals surface area contributed by atoms with Crippen molar-refractivity contribution in [1.29, 1.82) is 0 Å². The first-order chi connectivity index (χ1) is 12.8. The molecule has 0 aliphatic rings. The number of fused-ring (bicyclic) bond motifs is 1. The van der Waals surface area contributed by atoms with Crippen molar-refractivity contribution < 1.29 is 19.2 Å². The largest absolute Gasteiger partial charge is 0.479 e. The normalized spacial score (nSPS) is 13.3. The molecule has 140 valence electrons. The molecule has 0 spiro atoms. The monoisotopic (exact) mass is 387 g/mol. The fourth-order valence-corrected chi connectivity index (χ4v) is 3.21. The molecule has 0 aliphatic heterocycles. The summed E-state index contributed by atoms with van der Waals surface area (Å²) in [5, 5.41) is 17.4. The average Bonchev–Trinajstić information content (AvgIpc) is 3.00. The average molecular weight is 388 g/mol. The van der Waals surface area contributed by atoms with Crippen molar-refractivity contribution in [2.45, 2.75) is 32.7 Å². The molecule has 27 heavy (non-hydrogen) atoms. The van der Waals surface area contributed by atoms with Gasteiger partial charge < -0.3 is 14.9 Å². The summed E-state index contributed by atoms with van der Waals surface area (Å²) in [5.74, 6) is -1.71. The molecule has 2 N–H and O–H groups in total. The molecular formula is C19H18ClN3O4. The van der Waals surface area contributed by atoms with E-state index in [2.05, 4.69) is 15.5 Å². The highest BCUT2D eigenvalue weighted by Crippen LogP contribution is 2.29. The van der Waals surface area contributed by atoms with E-state index in [1.54, 1.807) is 51.1 Å². The minimum Gasteiger partial charge on any atom is -0.479 e. The zero-order valence-corrected chi connectivity index (χ0v) is 15.8. The number of carboxylic acid groups (broad SMARTS) is 1. The number of nitrogens with zero attached hydrogens (tertiary/aromatic N) is 2. The van der Waals surface area contributed by atoms with Gasteiger partial charge in [0.15, 0.2) is 5.54 Å². The van der Waals surface area contributed by atoms with Gasteiger partial charge >= 0.3 is 5.97 Å². The maximum absolute atomic E-state index is 13.1. The van der Waals surface area contributed by atoms with Gasteiger partial charge in [-0.05, 0) is 44.0 Å². The number of carbonyl (C=O) groups excluding carboxylic acids is 1. The summed E-state index contributed by atoms with van der Waals surface area (Å²) < 4.78 is 5.15. The van der Waals surface area contributed by atoms with Crippen molar-refractivity contribution in [2.24, 2.45) is 0 Å². The van der Waals surface area contributed by atoms with Gasteiger partial charge in [0.25, 0.3) is 11.6 Å². The number of aromatic nitrogens is 2. The number of pyridine rings is 1. The van der Waals surface area contributed by atoms with E-state index in [9.17, 15) is 14.7 Å². The molecule has 1 unspecified atom stereocenters. The predicted molar refractivity (Wildman–Crippen MR) is 99.8 cm³/mol. The van der Waals surface area contributed by atoms with E-state index in [0.717, 1.165) is 0 Å². The molecule has 0 bridgehead atoms. The Hall–Kier alpha value is -2.93. The van der Waals surface area contributed by atoms with Crippen LogP contribution in [-0.4, -0.2) is 27.1 Å². The molecule has 0 saturated heterocycles. The molecule has 0 aliphatic carbocycles. The smallest absolute Gasteiger partial charge is 0.334 e. The van der Waals surface area contributed by atoms with Gasteiger partial charge in [-0.15, -0.1) is 0 Å². The number of aryl methyl sites for hydroxylation is 2. The van der Waals surface area contributed by atoms with Crippen LogP contribution in [-0.2, 0) is 10.3 Å². The highest BCUT2D eigenvalue weighted by Gasteiger charge is 2.41. The van der Waals surface area contributed by atoms with Crippen LogP contribution in [0.1, 0.15) is 40.7 Å². The minimum atomic E-state index is -1.60. The van der Waals surface area contributed by atoms with Crippen LogP contribution in [0.25, 0.3) is 11.1 Å². The van der Waals surface area contributed by atoms with Gasteiger partial charge in [0.2, 0.25) is 0 Å². The number of hydrogen-bond acceptors (Lipinski definition) is 5. The lowest BCUT2D eigenvalue weighted by molar-refractivity contribution is -0.145. The number of amides is 1. The van der Waals surface area contributed by atoms with E-state index in [4.69, 9.17) is 16.1 Å². The van der Waals surface area contributed by atoms with E-state index in [1.165, 1.54) is 0 Å². The lowest BCUT2D eigenvalue weighted by Crippen LogP contribution is -2.51. The Bertz CT molecular complexity index is 1030. The van der Waals surface area contributed by atoms with Crippen molar-refractivity contribution in [3.8, 4) is 0 Å². The van der Waals surface area contributed by atoms with Crippen LogP contribution < -0.4 is 5.32 Å². The number of benzene rings is 1. The lowest BCUT2D eigenvalue weighted by atomic mass is 9.86. The van der Waals surface area contributed by atoms with E-state index in [1.807, 2.05) is 0 Å². The summed E-state index contributed by atoms with van der Waals surface area (Å²) in [6, 6.07) is 7.97. The Morgan fingerprint density at radius 1 is 1.26 bits per heavy atom. The SMILES string of the molecule is CCC(NC(=O)c1cc(C)nc2onc(C)c12)(C(=O)O)c1ccc(Cl)cc1. The summed E-state index contributed by atoms with van der Waals surface area (Å²) in [5.41, 5.74) is 0.403. The highest BCUT2D eigenvalue weighted by atomic mass is 35.5.